The van der Waals surface area contributed by atoms with Gasteiger partial charge in [0.05, 0.1) is 18.7 Å². The Balaban J connectivity index is 2.53. The summed E-state index contributed by atoms with van der Waals surface area (Å²) < 4.78 is 5.28. The van der Waals surface area contributed by atoms with Gasteiger partial charge in [-0.1, -0.05) is 23.7 Å². The summed E-state index contributed by atoms with van der Waals surface area (Å²) in [4.78, 5) is 0. The number of aliphatic hydroxyl groups is 1. The Labute approximate surface area is 123 Å². The van der Waals surface area contributed by atoms with Gasteiger partial charge in [-0.15, -0.1) is 0 Å². The van der Waals surface area contributed by atoms with Gasteiger partial charge in [0.15, 0.2) is 0 Å². The molecule has 0 heterocycles. The Morgan fingerprint density at radius 3 is 2.40 bits per heavy atom. The number of hydrogen-bond donors (Lipinski definition) is 1. The first kappa shape index (κ1) is 14.4. The third kappa shape index (κ3) is 2.62. The summed E-state index contributed by atoms with van der Waals surface area (Å²) in [5, 5.41) is 20.2. The smallest absolute Gasteiger partial charge is 0.125 e. The van der Waals surface area contributed by atoms with Gasteiger partial charge >= 0.3 is 0 Å². The van der Waals surface area contributed by atoms with Gasteiger partial charge < -0.3 is 9.84 Å². The van der Waals surface area contributed by atoms with E-state index in [2.05, 4.69) is 0 Å². The van der Waals surface area contributed by atoms with Crippen molar-refractivity contribution in [2.24, 2.45) is 0 Å². The van der Waals surface area contributed by atoms with Crippen LogP contribution in [0.5, 0.6) is 5.75 Å². The van der Waals surface area contributed by atoms with Crippen LogP contribution in [0.4, 0.5) is 0 Å². The van der Waals surface area contributed by atoms with E-state index in [-0.39, 0.29) is 0 Å². The summed E-state index contributed by atoms with van der Waals surface area (Å²) in [5.41, 5.74) is 0.529. The van der Waals surface area contributed by atoms with Gasteiger partial charge in [0.1, 0.15) is 11.4 Å². The van der Waals surface area contributed by atoms with Crippen LogP contribution >= 0.6 is 11.6 Å². The van der Waals surface area contributed by atoms with Crippen LogP contribution in [0.2, 0.25) is 5.02 Å². The molecule has 0 radical (unpaired) electrons. The predicted octanol–water partition coefficient (Wildman–Crippen LogP) is 3.48. The highest BCUT2D eigenvalue weighted by atomic mass is 35.5. The molecule has 2 aromatic carbocycles. The SMILES string of the molecule is COc1ccc(Cl)cc1C(C)(O)c1ccc(C#N)cc1. The Bertz CT molecular complexity index is 657. The summed E-state index contributed by atoms with van der Waals surface area (Å²) in [6, 6.07) is 13.9. The second kappa shape index (κ2) is 5.54. The van der Waals surface area contributed by atoms with E-state index < -0.39 is 5.60 Å². The van der Waals surface area contributed by atoms with Crippen molar-refractivity contribution in [2.75, 3.05) is 7.11 Å². The van der Waals surface area contributed by atoms with E-state index in [1.54, 1.807) is 56.5 Å². The molecule has 1 atom stereocenters. The number of benzene rings is 2. The summed E-state index contributed by atoms with van der Waals surface area (Å²) in [7, 11) is 1.54. The fourth-order valence-corrected chi connectivity index (χ4v) is 2.26. The number of nitriles is 1. The van der Waals surface area contributed by atoms with E-state index in [1.807, 2.05) is 6.07 Å². The lowest BCUT2D eigenvalue weighted by atomic mass is 9.87. The van der Waals surface area contributed by atoms with Gasteiger partial charge in [0.25, 0.3) is 0 Å². The maximum absolute atomic E-state index is 10.8. The minimum atomic E-state index is -1.26. The summed E-state index contributed by atoms with van der Waals surface area (Å²) in [6.07, 6.45) is 0. The van der Waals surface area contributed by atoms with E-state index >= 15 is 0 Å². The molecule has 2 rings (SSSR count). The fraction of sp³-hybridized carbons (Fsp3) is 0.188. The van der Waals surface area contributed by atoms with Crippen LogP contribution in [0.25, 0.3) is 0 Å². The molecular formula is C16H14ClNO2. The van der Waals surface area contributed by atoms with Gasteiger partial charge in [-0.25, -0.2) is 0 Å². The second-order valence-electron chi connectivity index (χ2n) is 4.61. The number of nitrogens with zero attached hydrogens (tertiary/aromatic N) is 1. The highest BCUT2D eigenvalue weighted by Crippen LogP contribution is 2.36. The molecule has 0 saturated heterocycles. The van der Waals surface area contributed by atoms with Crippen molar-refractivity contribution in [2.45, 2.75) is 12.5 Å². The summed E-state index contributed by atoms with van der Waals surface area (Å²) >= 11 is 6.01. The maximum Gasteiger partial charge on any atom is 0.125 e. The minimum Gasteiger partial charge on any atom is -0.496 e. The molecule has 20 heavy (non-hydrogen) atoms. The summed E-state index contributed by atoms with van der Waals surface area (Å²) in [5.74, 6) is 0.559. The van der Waals surface area contributed by atoms with Crippen molar-refractivity contribution >= 4 is 11.6 Å². The molecular weight excluding hydrogens is 274 g/mol. The van der Waals surface area contributed by atoms with E-state index in [9.17, 15) is 5.11 Å². The average Bonchev–Trinajstić information content (AvgIpc) is 2.47. The molecule has 0 aliphatic heterocycles. The lowest BCUT2D eigenvalue weighted by Gasteiger charge is -2.26. The first-order chi connectivity index (χ1) is 9.48. The molecule has 0 aliphatic carbocycles. The Hall–Kier alpha value is -2.02. The maximum atomic E-state index is 10.8. The largest absolute Gasteiger partial charge is 0.496 e. The molecule has 0 aliphatic rings. The van der Waals surface area contributed by atoms with Crippen molar-refractivity contribution in [1.82, 2.24) is 0 Å². The predicted molar refractivity (Wildman–Crippen MR) is 77.8 cm³/mol. The monoisotopic (exact) mass is 287 g/mol. The average molecular weight is 288 g/mol. The zero-order chi connectivity index (χ0) is 14.8. The van der Waals surface area contributed by atoms with Gasteiger partial charge in [-0.2, -0.15) is 5.26 Å². The van der Waals surface area contributed by atoms with Crippen molar-refractivity contribution in [3.05, 3.63) is 64.2 Å². The van der Waals surface area contributed by atoms with Gasteiger partial charge in [-0.3, -0.25) is 0 Å². The van der Waals surface area contributed by atoms with Crippen molar-refractivity contribution in [3.8, 4) is 11.8 Å². The van der Waals surface area contributed by atoms with Crippen LogP contribution in [0.1, 0.15) is 23.6 Å². The number of methoxy groups -OCH3 is 1. The molecule has 1 N–H and O–H groups in total. The number of rotatable bonds is 3. The number of halogens is 1. The zero-order valence-electron chi connectivity index (χ0n) is 11.2. The topological polar surface area (TPSA) is 53.2 Å². The molecule has 0 saturated carbocycles. The molecule has 0 bridgehead atoms. The Kier molecular flexibility index (Phi) is 3.99. The van der Waals surface area contributed by atoms with Gasteiger partial charge in [-0.05, 0) is 42.8 Å². The Morgan fingerprint density at radius 1 is 1.20 bits per heavy atom. The molecule has 0 fully saturated rings. The van der Waals surface area contributed by atoms with Crippen LogP contribution in [-0.2, 0) is 5.60 Å². The molecule has 0 spiro atoms. The molecule has 0 amide bonds. The van der Waals surface area contributed by atoms with Crippen LogP contribution in [0.15, 0.2) is 42.5 Å². The molecule has 1 unspecified atom stereocenters. The third-order valence-corrected chi connectivity index (χ3v) is 3.50. The number of ether oxygens (including phenoxy) is 1. The first-order valence-corrected chi connectivity index (χ1v) is 6.44. The first-order valence-electron chi connectivity index (χ1n) is 6.06. The van der Waals surface area contributed by atoms with Crippen LogP contribution < -0.4 is 4.74 Å². The van der Waals surface area contributed by atoms with Crippen LogP contribution in [0, 0.1) is 11.3 Å². The lowest BCUT2D eigenvalue weighted by Crippen LogP contribution is -2.23. The summed E-state index contributed by atoms with van der Waals surface area (Å²) in [6.45, 7) is 1.67. The van der Waals surface area contributed by atoms with E-state index in [4.69, 9.17) is 21.6 Å². The van der Waals surface area contributed by atoms with E-state index in [0.717, 1.165) is 0 Å². The standard InChI is InChI=1S/C16H14ClNO2/c1-16(19,12-5-3-11(10-18)4-6-12)14-9-13(17)7-8-15(14)20-2/h3-9,19H,1-2H3. The molecule has 102 valence electrons. The van der Waals surface area contributed by atoms with Crippen LogP contribution in [-0.4, -0.2) is 12.2 Å². The normalized spacial score (nSPS) is 13.3. The van der Waals surface area contributed by atoms with Gasteiger partial charge in [0, 0.05) is 10.6 Å². The van der Waals surface area contributed by atoms with E-state index in [1.165, 1.54) is 0 Å². The molecule has 0 aromatic heterocycles. The molecule has 3 nitrogen and oxygen atoms in total. The fourth-order valence-electron chi connectivity index (χ4n) is 2.09. The minimum absolute atomic E-state index is 0.523. The number of hydrogen-bond acceptors (Lipinski definition) is 3. The van der Waals surface area contributed by atoms with Crippen molar-refractivity contribution in [1.29, 1.82) is 5.26 Å². The lowest BCUT2D eigenvalue weighted by molar-refractivity contribution is 0.0989. The zero-order valence-corrected chi connectivity index (χ0v) is 12.0. The highest BCUT2D eigenvalue weighted by molar-refractivity contribution is 6.30. The van der Waals surface area contributed by atoms with Crippen molar-refractivity contribution in [3.63, 3.8) is 0 Å². The second-order valence-corrected chi connectivity index (χ2v) is 5.04. The Morgan fingerprint density at radius 2 is 1.85 bits per heavy atom. The van der Waals surface area contributed by atoms with E-state index in [0.29, 0.717) is 27.5 Å². The third-order valence-electron chi connectivity index (χ3n) is 3.26. The van der Waals surface area contributed by atoms with Crippen molar-refractivity contribution < 1.29 is 9.84 Å². The molecule has 2 aromatic rings. The van der Waals surface area contributed by atoms with Crippen LogP contribution in [0.3, 0.4) is 0 Å². The highest BCUT2D eigenvalue weighted by Gasteiger charge is 2.29. The molecule has 4 heteroatoms. The quantitative estimate of drug-likeness (QED) is 0.940. The van der Waals surface area contributed by atoms with Gasteiger partial charge in [0.2, 0.25) is 0 Å².